The minimum atomic E-state index is 0.0709. The van der Waals surface area contributed by atoms with Gasteiger partial charge in [0.2, 0.25) is 0 Å². The van der Waals surface area contributed by atoms with Crippen LogP contribution in [0.3, 0.4) is 0 Å². The van der Waals surface area contributed by atoms with Crippen LogP contribution in [0, 0.1) is 5.92 Å². The summed E-state index contributed by atoms with van der Waals surface area (Å²) in [5.74, 6) is 0.625. The predicted octanol–water partition coefficient (Wildman–Crippen LogP) is 1.16. The van der Waals surface area contributed by atoms with Crippen LogP contribution in [0.25, 0.3) is 0 Å². The molecule has 2 amide bonds. The van der Waals surface area contributed by atoms with Gasteiger partial charge in [-0.3, -0.25) is 0 Å². The number of urea groups is 1. The minimum absolute atomic E-state index is 0.0709. The molecule has 1 saturated heterocycles. The molecule has 4 nitrogen and oxygen atoms in total. The van der Waals surface area contributed by atoms with Gasteiger partial charge in [-0.15, -0.1) is 0 Å². The van der Waals surface area contributed by atoms with Crippen molar-refractivity contribution in [3.05, 3.63) is 0 Å². The first-order valence-corrected chi connectivity index (χ1v) is 5.81. The van der Waals surface area contributed by atoms with Crippen LogP contribution in [-0.2, 0) is 0 Å². The van der Waals surface area contributed by atoms with Crippen molar-refractivity contribution in [1.82, 2.24) is 10.2 Å². The van der Waals surface area contributed by atoms with Crippen molar-refractivity contribution in [2.45, 2.75) is 45.7 Å². The summed E-state index contributed by atoms with van der Waals surface area (Å²) in [7, 11) is 0. The molecule has 0 aliphatic carbocycles. The van der Waals surface area contributed by atoms with Gasteiger partial charge in [0.25, 0.3) is 0 Å². The molecule has 0 aromatic heterocycles. The Bertz CT molecular complexity index is 218. The summed E-state index contributed by atoms with van der Waals surface area (Å²) < 4.78 is 0. The molecule has 0 aromatic rings. The highest BCUT2D eigenvalue weighted by Gasteiger charge is 2.31. The van der Waals surface area contributed by atoms with Gasteiger partial charge in [-0.25, -0.2) is 4.79 Å². The van der Waals surface area contributed by atoms with Crippen molar-refractivity contribution in [1.29, 1.82) is 0 Å². The second-order valence-corrected chi connectivity index (χ2v) is 4.85. The molecular weight excluding hydrogens is 190 g/mol. The van der Waals surface area contributed by atoms with Crippen LogP contribution in [0.4, 0.5) is 4.79 Å². The molecule has 4 heteroatoms. The molecule has 0 bridgehead atoms. The minimum Gasteiger partial charge on any atom is -0.333 e. The first-order chi connectivity index (χ1) is 7.04. The summed E-state index contributed by atoms with van der Waals surface area (Å²) in [6, 6.07) is 0.645. The first-order valence-electron chi connectivity index (χ1n) is 5.81. The van der Waals surface area contributed by atoms with Gasteiger partial charge in [-0.05, 0) is 32.2 Å². The molecule has 1 aliphatic rings. The third kappa shape index (κ3) is 3.38. The second kappa shape index (κ2) is 5.35. The number of hydrogen-bond acceptors (Lipinski definition) is 2. The fourth-order valence-electron chi connectivity index (χ4n) is 2.10. The lowest BCUT2D eigenvalue weighted by Gasteiger charge is -2.22. The van der Waals surface area contributed by atoms with E-state index in [0.29, 0.717) is 18.5 Å². The lowest BCUT2D eigenvalue weighted by Crippen LogP contribution is -2.37. The molecule has 2 atom stereocenters. The van der Waals surface area contributed by atoms with E-state index in [4.69, 9.17) is 5.73 Å². The van der Waals surface area contributed by atoms with Crippen LogP contribution in [0.15, 0.2) is 0 Å². The van der Waals surface area contributed by atoms with Gasteiger partial charge in [0.05, 0.1) is 0 Å². The Labute approximate surface area is 92.2 Å². The largest absolute Gasteiger partial charge is 0.333 e. The van der Waals surface area contributed by atoms with Crippen molar-refractivity contribution in [3.8, 4) is 0 Å². The van der Waals surface area contributed by atoms with E-state index in [1.54, 1.807) is 0 Å². The summed E-state index contributed by atoms with van der Waals surface area (Å²) in [5.41, 5.74) is 5.50. The Kier molecular flexibility index (Phi) is 4.39. The zero-order valence-corrected chi connectivity index (χ0v) is 9.99. The summed E-state index contributed by atoms with van der Waals surface area (Å²) >= 11 is 0. The molecule has 1 fully saturated rings. The summed E-state index contributed by atoms with van der Waals surface area (Å²) in [6.45, 7) is 7.89. The molecule has 0 aromatic carbocycles. The summed E-state index contributed by atoms with van der Waals surface area (Å²) in [6.07, 6.45) is 1.93. The third-order valence-corrected chi connectivity index (χ3v) is 2.88. The van der Waals surface area contributed by atoms with Crippen molar-refractivity contribution < 1.29 is 4.79 Å². The molecule has 2 unspecified atom stereocenters. The number of rotatable bonds is 5. The molecule has 1 heterocycles. The lowest BCUT2D eigenvalue weighted by molar-refractivity contribution is 0.199. The topological polar surface area (TPSA) is 58.4 Å². The molecule has 1 aliphatic heterocycles. The molecule has 88 valence electrons. The van der Waals surface area contributed by atoms with E-state index in [0.717, 1.165) is 19.4 Å². The van der Waals surface area contributed by atoms with Crippen molar-refractivity contribution in [2.75, 3.05) is 13.1 Å². The van der Waals surface area contributed by atoms with E-state index in [2.05, 4.69) is 26.1 Å². The Morgan fingerprint density at radius 3 is 2.73 bits per heavy atom. The number of carbonyl (C=O) groups is 1. The van der Waals surface area contributed by atoms with Gasteiger partial charge in [-0.1, -0.05) is 13.8 Å². The van der Waals surface area contributed by atoms with Crippen molar-refractivity contribution in [2.24, 2.45) is 11.7 Å². The molecule has 0 spiro atoms. The summed E-state index contributed by atoms with van der Waals surface area (Å²) in [5, 5.41) is 3.02. The average molecular weight is 213 g/mol. The Morgan fingerprint density at radius 2 is 2.20 bits per heavy atom. The fraction of sp³-hybridized carbons (Fsp3) is 0.909. The zero-order chi connectivity index (χ0) is 11.4. The van der Waals surface area contributed by atoms with Crippen LogP contribution in [-0.4, -0.2) is 36.1 Å². The van der Waals surface area contributed by atoms with Gasteiger partial charge >= 0.3 is 6.03 Å². The van der Waals surface area contributed by atoms with Gasteiger partial charge in [0, 0.05) is 18.6 Å². The van der Waals surface area contributed by atoms with E-state index >= 15 is 0 Å². The maximum Gasteiger partial charge on any atom is 0.317 e. The number of amides is 2. The lowest BCUT2D eigenvalue weighted by atomic mass is 10.0. The normalized spacial score (nSPS) is 23.4. The van der Waals surface area contributed by atoms with Crippen molar-refractivity contribution >= 4 is 6.03 Å². The maximum absolute atomic E-state index is 11.7. The Balaban J connectivity index is 2.45. The number of nitrogens with zero attached hydrogens (tertiary/aromatic N) is 1. The van der Waals surface area contributed by atoms with Gasteiger partial charge in [-0.2, -0.15) is 0 Å². The number of nitrogens with one attached hydrogen (secondary N) is 1. The SMILES string of the molecule is CC(C)CC1CN(C(C)CCN)C(=O)N1. The number of carbonyl (C=O) groups excluding carboxylic acids is 1. The van der Waals surface area contributed by atoms with E-state index in [1.807, 2.05) is 4.90 Å². The van der Waals surface area contributed by atoms with Crippen molar-refractivity contribution in [3.63, 3.8) is 0 Å². The zero-order valence-electron chi connectivity index (χ0n) is 9.99. The quantitative estimate of drug-likeness (QED) is 0.720. The first kappa shape index (κ1) is 12.3. The smallest absolute Gasteiger partial charge is 0.317 e. The van der Waals surface area contributed by atoms with E-state index in [-0.39, 0.29) is 12.1 Å². The molecule has 15 heavy (non-hydrogen) atoms. The monoisotopic (exact) mass is 213 g/mol. The fourth-order valence-corrected chi connectivity index (χ4v) is 2.10. The molecule has 0 saturated carbocycles. The van der Waals surface area contributed by atoms with Gasteiger partial charge in [0.15, 0.2) is 0 Å². The molecule has 3 N–H and O–H groups in total. The maximum atomic E-state index is 11.7. The standard InChI is InChI=1S/C11H23N3O/c1-8(2)6-10-7-14(11(15)13-10)9(3)4-5-12/h8-10H,4-7,12H2,1-3H3,(H,13,15). The molecular formula is C11H23N3O. The summed E-state index contributed by atoms with van der Waals surface area (Å²) in [4.78, 5) is 13.6. The molecule has 1 rings (SSSR count). The predicted molar refractivity (Wildman–Crippen MR) is 61.6 cm³/mol. The van der Waals surface area contributed by atoms with Crippen LogP contribution < -0.4 is 11.1 Å². The van der Waals surface area contributed by atoms with E-state index in [1.165, 1.54) is 0 Å². The van der Waals surface area contributed by atoms with Gasteiger partial charge < -0.3 is 16.0 Å². The number of nitrogens with two attached hydrogens (primary N) is 1. The second-order valence-electron chi connectivity index (χ2n) is 4.85. The average Bonchev–Trinajstić information content (AvgIpc) is 2.46. The van der Waals surface area contributed by atoms with E-state index in [9.17, 15) is 4.79 Å². The Morgan fingerprint density at radius 1 is 1.53 bits per heavy atom. The highest BCUT2D eigenvalue weighted by molar-refractivity contribution is 5.77. The Hall–Kier alpha value is -0.770. The molecule has 0 radical (unpaired) electrons. The third-order valence-electron chi connectivity index (χ3n) is 2.88. The van der Waals surface area contributed by atoms with Crippen LogP contribution in [0.2, 0.25) is 0 Å². The highest BCUT2D eigenvalue weighted by atomic mass is 16.2. The van der Waals surface area contributed by atoms with Crippen LogP contribution >= 0.6 is 0 Å². The van der Waals surface area contributed by atoms with Gasteiger partial charge in [0.1, 0.15) is 0 Å². The van der Waals surface area contributed by atoms with Crippen LogP contribution in [0.1, 0.15) is 33.6 Å². The number of hydrogen-bond donors (Lipinski definition) is 2. The van der Waals surface area contributed by atoms with E-state index < -0.39 is 0 Å². The van der Waals surface area contributed by atoms with Crippen LogP contribution in [0.5, 0.6) is 0 Å². The highest BCUT2D eigenvalue weighted by Crippen LogP contribution is 2.15.